The van der Waals surface area contributed by atoms with Crippen LogP contribution in [0.3, 0.4) is 0 Å². The second-order valence-corrected chi connectivity index (χ2v) is 6.65. The standard InChI is InChI=1S/C15H29N3O/c1-11(2)9-17-15(19)10-16-12-7-13-5-4-6-14(8-12)18(13)3/h11-14,16H,4-10H2,1-3H3,(H,17,19). The minimum absolute atomic E-state index is 0.137. The van der Waals surface area contributed by atoms with Crippen molar-refractivity contribution in [3.05, 3.63) is 0 Å². The summed E-state index contributed by atoms with van der Waals surface area (Å²) in [7, 11) is 2.26. The summed E-state index contributed by atoms with van der Waals surface area (Å²) in [6, 6.07) is 1.98. The maximum Gasteiger partial charge on any atom is 0.233 e. The van der Waals surface area contributed by atoms with Gasteiger partial charge in [-0.2, -0.15) is 0 Å². The highest BCUT2D eigenvalue weighted by molar-refractivity contribution is 5.77. The molecule has 0 radical (unpaired) electrons. The molecule has 2 bridgehead atoms. The maximum absolute atomic E-state index is 11.7. The van der Waals surface area contributed by atoms with Crippen LogP contribution in [0.15, 0.2) is 0 Å². The van der Waals surface area contributed by atoms with Gasteiger partial charge in [0.15, 0.2) is 0 Å². The average molecular weight is 267 g/mol. The van der Waals surface area contributed by atoms with Crippen LogP contribution >= 0.6 is 0 Å². The molecule has 2 unspecified atom stereocenters. The van der Waals surface area contributed by atoms with Crippen LogP contribution in [0, 0.1) is 5.92 Å². The molecule has 2 N–H and O–H groups in total. The van der Waals surface area contributed by atoms with Gasteiger partial charge in [0, 0.05) is 24.7 Å². The molecule has 0 spiro atoms. The van der Waals surface area contributed by atoms with Gasteiger partial charge in [-0.15, -0.1) is 0 Å². The van der Waals surface area contributed by atoms with Crippen LogP contribution in [0.5, 0.6) is 0 Å². The molecule has 0 aromatic heterocycles. The van der Waals surface area contributed by atoms with Gasteiger partial charge >= 0.3 is 0 Å². The Hall–Kier alpha value is -0.610. The molecular weight excluding hydrogens is 238 g/mol. The Labute approximate surface area is 117 Å². The summed E-state index contributed by atoms with van der Waals surface area (Å²) in [4.78, 5) is 14.3. The van der Waals surface area contributed by atoms with Crippen molar-refractivity contribution in [3.8, 4) is 0 Å². The van der Waals surface area contributed by atoms with Crippen LogP contribution in [0.4, 0.5) is 0 Å². The van der Waals surface area contributed by atoms with E-state index in [1.165, 1.54) is 32.1 Å². The molecule has 110 valence electrons. The van der Waals surface area contributed by atoms with E-state index in [4.69, 9.17) is 0 Å². The summed E-state index contributed by atoms with van der Waals surface area (Å²) < 4.78 is 0. The number of carbonyl (C=O) groups excluding carboxylic acids is 1. The smallest absolute Gasteiger partial charge is 0.233 e. The van der Waals surface area contributed by atoms with Crippen molar-refractivity contribution in [2.45, 2.75) is 64.1 Å². The SMILES string of the molecule is CC(C)CNC(=O)CNC1CC2CCCC(C1)N2C. The second kappa shape index (κ2) is 6.71. The van der Waals surface area contributed by atoms with Gasteiger partial charge in [-0.3, -0.25) is 4.79 Å². The number of hydrogen-bond donors (Lipinski definition) is 2. The highest BCUT2D eigenvalue weighted by Crippen LogP contribution is 2.32. The van der Waals surface area contributed by atoms with Crippen LogP contribution in [-0.4, -0.2) is 49.1 Å². The quantitative estimate of drug-likeness (QED) is 0.790. The highest BCUT2D eigenvalue weighted by Gasteiger charge is 2.35. The fraction of sp³-hybridized carbons (Fsp3) is 0.933. The number of nitrogens with zero attached hydrogens (tertiary/aromatic N) is 1. The van der Waals surface area contributed by atoms with Crippen molar-refractivity contribution >= 4 is 5.91 Å². The monoisotopic (exact) mass is 267 g/mol. The topological polar surface area (TPSA) is 44.4 Å². The van der Waals surface area contributed by atoms with Gasteiger partial charge < -0.3 is 15.5 Å². The molecule has 2 fully saturated rings. The van der Waals surface area contributed by atoms with E-state index < -0.39 is 0 Å². The molecule has 4 heteroatoms. The predicted octanol–water partition coefficient (Wildman–Crippen LogP) is 1.36. The second-order valence-electron chi connectivity index (χ2n) is 6.65. The average Bonchev–Trinajstić information content (AvgIpc) is 2.34. The molecule has 2 aliphatic heterocycles. The Morgan fingerprint density at radius 3 is 2.47 bits per heavy atom. The molecule has 1 amide bonds. The fourth-order valence-corrected chi connectivity index (χ4v) is 3.40. The van der Waals surface area contributed by atoms with Crippen molar-refractivity contribution < 1.29 is 4.79 Å². The van der Waals surface area contributed by atoms with Crippen molar-refractivity contribution in [2.24, 2.45) is 5.92 Å². The zero-order valence-electron chi connectivity index (χ0n) is 12.6. The van der Waals surface area contributed by atoms with E-state index in [0.29, 0.717) is 18.5 Å². The van der Waals surface area contributed by atoms with Gasteiger partial charge in [0.05, 0.1) is 6.54 Å². The Kier molecular flexibility index (Phi) is 5.22. The molecule has 0 aliphatic carbocycles. The first-order valence-electron chi connectivity index (χ1n) is 7.78. The minimum atomic E-state index is 0.137. The predicted molar refractivity (Wildman–Crippen MR) is 78.1 cm³/mol. The Morgan fingerprint density at radius 1 is 1.26 bits per heavy atom. The lowest BCUT2D eigenvalue weighted by Gasteiger charge is -2.47. The van der Waals surface area contributed by atoms with Gasteiger partial charge in [0.2, 0.25) is 5.91 Å². The summed E-state index contributed by atoms with van der Waals surface area (Å²) in [5.74, 6) is 0.657. The first-order valence-corrected chi connectivity index (χ1v) is 7.78. The number of fused-ring (bicyclic) bond motifs is 2. The van der Waals surface area contributed by atoms with E-state index in [1.54, 1.807) is 0 Å². The van der Waals surface area contributed by atoms with Crippen LogP contribution in [-0.2, 0) is 4.79 Å². The van der Waals surface area contributed by atoms with Crippen LogP contribution in [0.1, 0.15) is 46.0 Å². The van der Waals surface area contributed by atoms with E-state index in [0.717, 1.165) is 18.6 Å². The number of carbonyl (C=O) groups is 1. The van der Waals surface area contributed by atoms with Crippen LogP contribution < -0.4 is 10.6 Å². The molecule has 0 saturated carbocycles. The van der Waals surface area contributed by atoms with Gasteiger partial charge in [-0.1, -0.05) is 20.3 Å². The van der Waals surface area contributed by atoms with E-state index in [-0.39, 0.29) is 5.91 Å². The maximum atomic E-state index is 11.7. The fourth-order valence-electron chi connectivity index (χ4n) is 3.40. The Bertz CT molecular complexity index is 292. The lowest BCUT2D eigenvalue weighted by Crippen LogP contribution is -2.55. The van der Waals surface area contributed by atoms with Gasteiger partial charge in [-0.25, -0.2) is 0 Å². The van der Waals surface area contributed by atoms with E-state index in [9.17, 15) is 4.79 Å². The number of piperidine rings is 2. The van der Waals surface area contributed by atoms with Crippen molar-refractivity contribution in [1.82, 2.24) is 15.5 Å². The number of hydrogen-bond acceptors (Lipinski definition) is 3. The normalized spacial score (nSPS) is 31.5. The molecular formula is C15H29N3O. The largest absolute Gasteiger partial charge is 0.355 e. The Balaban J connectivity index is 1.71. The summed E-state index contributed by atoms with van der Waals surface area (Å²) in [6.45, 7) is 5.48. The van der Waals surface area contributed by atoms with Crippen LogP contribution in [0.25, 0.3) is 0 Å². The number of amides is 1. The lowest BCUT2D eigenvalue weighted by atomic mass is 9.82. The van der Waals surface area contributed by atoms with Crippen molar-refractivity contribution in [3.63, 3.8) is 0 Å². The summed E-state index contributed by atoms with van der Waals surface area (Å²) >= 11 is 0. The summed E-state index contributed by atoms with van der Waals surface area (Å²) in [5, 5.41) is 6.42. The van der Waals surface area contributed by atoms with E-state index >= 15 is 0 Å². The molecule has 2 aliphatic rings. The van der Waals surface area contributed by atoms with Crippen molar-refractivity contribution in [1.29, 1.82) is 0 Å². The first kappa shape index (κ1) is 14.8. The van der Waals surface area contributed by atoms with Gasteiger partial charge in [-0.05, 0) is 38.6 Å². The zero-order chi connectivity index (χ0) is 13.8. The van der Waals surface area contributed by atoms with Crippen molar-refractivity contribution in [2.75, 3.05) is 20.1 Å². The zero-order valence-corrected chi connectivity index (χ0v) is 12.6. The van der Waals surface area contributed by atoms with Gasteiger partial charge in [0.1, 0.15) is 0 Å². The lowest BCUT2D eigenvalue weighted by molar-refractivity contribution is -0.120. The molecule has 19 heavy (non-hydrogen) atoms. The molecule has 2 rings (SSSR count). The Morgan fingerprint density at radius 2 is 1.89 bits per heavy atom. The summed E-state index contributed by atoms with van der Waals surface area (Å²) in [5.41, 5.74) is 0. The third-order valence-corrected chi connectivity index (χ3v) is 4.60. The first-order chi connectivity index (χ1) is 9.06. The number of nitrogens with one attached hydrogen (secondary N) is 2. The molecule has 0 aromatic carbocycles. The summed E-state index contributed by atoms with van der Waals surface area (Å²) in [6.07, 6.45) is 6.42. The third kappa shape index (κ3) is 4.18. The highest BCUT2D eigenvalue weighted by atomic mass is 16.1. The van der Waals surface area contributed by atoms with E-state index in [2.05, 4.69) is 36.4 Å². The molecule has 0 aromatic rings. The third-order valence-electron chi connectivity index (χ3n) is 4.60. The molecule has 2 atom stereocenters. The molecule has 2 heterocycles. The minimum Gasteiger partial charge on any atom is -0.355 e. The molecule has 4 nitrogen and oxygen atoms in total. The van der Waals surface area contributed by atoms with E-state index in [1.807, 2.05) is 0 Å². The molecule has 2 saturated heterocycles. The van der Waals surface area contributed by atoms with Crippen LogP contribution in [0.2, 0.25) is 0 Å². The number of rotatable bonds is 5. The van der Waals surface area contributed by atoms with Gasteiger partial charge in [0.25, 0.3) is 0 Å².